The number of aryl methyl sites for hydroxylation is 2. The Balaban J connectivity index is 1.91. The molecule has 12 heavy (non-hydrogen) atoms. The molecule has 5 nitrogen and oxygen atoms in total. The minimum atomic E-state index is 0.803. The van der Waals surface area contributed by atoms with Crippen LogP contribution in [-0.2, 0) is 12.8 Å². The largest absolute Gasteiger partial charge is 0.349 e. The number of H-pyrrole nitrogens is 1. The highest BCUT2D eigenvalue weighted by molar-refractivity contribution is 4.95. The highest BCUT2D eigenvalue weighted by Gasteiger charge is 1.99. The van der Waals surface area contributed by atoms with Crippen LogP contribution in [0, 0.1) is 0 Å². The smallest absolute Gasteiger partial charge is 0.147 e. The average Bonchev–Trinajstić information content (AvgIpc) is 2.74. The Bertz CT molecular complexity index is 279. The molecule has 1 N–H and O–H groups in total. The Labute approximate surface area is 68.8 Å². The first kappa shape index (κ1) is 7.02. The number of rotatable bonds is 3. The highest BCUT2D eigenvalue weighted by atomic mass is 16.5. The van der Waals surface area contributed by atoms with Crippen LogP contribution < -0.4 is 0 Å². The number of hydrogen-bond acceptors (Lipinski definition) is 4. The van der Waals surface area contributed by atoms with Gasteiger partial charge in [-0.1, -0.05) is 0 Å². The van der Waals surface area contributed by atoms with Crippen molar-refractivity contribution in [3.8, 4) is 0 Å². The summed E-state index contributed by atoms with van der Waals surface area (Å²) in [6, 6.07) is 0. The molecule has 0 fully saturated rings. The standard InChI is InChI=1S/C7H8N4O/c1(6-5-12-11-10-6)2-7-8-3-4-9-7/h3-5H,1-2H2,(H,8,9). The van der Waals surface area contributed by atoms with Gasteiger partial charge in [0.15, 0.2) is 0 Å². The molecule has 0 spiro atoms. The molecule has 0 amide bonds. The van der Waals surface area contributed by atoms with Crippen molar-refractivity contribution in [2.24, 2.45) is 0 Å². The van der Waals surface area contributed by atoms with Gasteiger partial charge in [0.1, 0.15) is 17.8 Å². The summed E-state index contributed by atoms with van der Waals surface area (Å²) in [5, 5.41) is 7.12. The quantitative estimate of drug-likeness (QED) is 0.720. The summed E-state index contributed by atoms with van der Waals surface area (Å²) < 4.78 is 4.59. The van der Waals surface area contributed by atoms with Crippen molar-refractivity contribution in [2.45, 2.75) is 12.8 Å². The lowest BCUT2D eigenvalue weighted by Crippen LogP contribution is -1.93. The number of nitrogens with one attached hydrogen (secondary N) is 1. The molecular formula is C7H8N4O. The predicted octanol–water partition coefficient (Wildman–Crippen LogP) is 0.578. The van der Waals surface area contributed by atoms with Crippen molar-refractivity contribution in [3.63, 3.8) is 0 Å². The van der Waals surface area contributed by atoms with E-state index in [9.17, 15) is 0 Å². The van der Waals surface area contributed by atoms with E-state index < -0.39 is 0 Å². The number of imidazole rings is 1. The minimum absolute atomic E-state index is 0.803. The van der Waals surface area contributed by atoms with Gasteiger partial charge >= 0.3 is 0 Å². The Morgan fingerprint density at radius 3 is 3.08 bits per heavy atom. The van der Waals surface area contributed by atoms with Gasteiger partial charge in [-0.15, -0.1) is 5.10 Å². The van der Waals surface area contributed by atoms with Gasteiger partial charge in [-0.05, 0) is 0 Å². The molecule has 2 aromatic heterocycles. The Hall–Kier alpha value is -1.65. The fourth-order valence-electron chi connectivity index (χ4n) is 0.974. The van der Waals surface area contributed by atoms with Crippen molar-refractivity contribution < 1.29 is 4.52 Å². The number of nitrogens with zero attached hydrogens (tertiary/aromatic N) is 3. The van der Waals surface area contributed by atoms with E-state index in [-0.39, 0.29) is 0 Å². The normalized spacial score (nSPS) is 10.3. The monoisotopic (exact) mass is 164 g/mol. The lowest BCUT2D eigenvalue weighted by atomic mass is 10.2. The van der Waals surface area contributed by atoms with Crippen molar-refractivity contribution in [1.29, 1.82) is 0 Å². The lowest BCUT2D eigenvalue weighted by molar-refractivity contribution is 0.392. The van der Waals surface area contributed by atoms with Crippen LogP contribution in [0.15, 0.2) is 23.2 Å². The van der Waals surface area contributed by atoms with Crippen LogP contribution >= 0.6 is 0 Å². The van der Waals surface area contributed by atoms with Gasteiger partial charge in [-0.2, -0.15) is 0 Å². The van der Waals surface area contributed by atoms with Crippen molar-refractivity contribution in [2.75, 3.05) is 0 Å². The second-order valence-corrected chi connectivity index (χ2v) is 2.43. The van der Waals surface area contributed by atoms with Gasteiger partial charge in [0.25, 0.3) is 0 Å². The summed E-state index contributed by atoms with van der Waals surface area (Å²) >= 11 is 0. The van der Waals surface area contributed by atoms with E-state index in [0.29, 0.717) is 0 Å². The highest BCUT2D eigenvalue weighted by Crippen LogP contribution is 1.98. The maximum atomic E-state index is 4.59. The predicted molar refractivity (Wildman–Crippen MR) is 40.3 cm³/mol. The maximum Gasteiger partial charge on any atom is 0.147 e. The molecule has 0 saturated heterocycles. The summed E-state index contributed by atoms with van der Waals surface area (Å²) in [5.41, 5.74) is 0.853. The first-order valence-corrected chi connectivity index (χ1v) is 3.69. The van der Waals surface area contributed by atoms with Crippen molar-refractivity contribution >= 4 is 0 Å². The third-order valence-corrected chi connectivity index (χ3v) is 1.58. The van der Waals surface area contributed by atoms with Gasteiger partial charge in [0.05, 0.1) is 0 Å². The zero-order valence-corrected chi connectivity index (χ0v) is 6.40. The number of aromatic nitrogens is 4. The first-order valence-electron chi connectivity index (χ1n) is 3.69. The van der Waals surface area contributed by atoms with Gasteiger partial charge in [-0.25, -0.2) is 4.98 Å². The van der Waals surface area contributed by atoms with E-state index in [1.165, 1.54) is 0 Å². The molecule has 2 heterocycles. The second-order valence-electron chi connectivity index (χ2n) is 2.43. The van der Waals surface area contributed by atoms with Crippen LogP contribution in [0.3, 0.4) is 0 Å². The minimum Gasteiger partial charge on any atom is -0.349 e. The SMILES string of the molecule is c1c[nH]c(CCc2conn2)n1. The molecule has 5 heteroatoms. The van der Waals surface area contributed by atoms with Crippen molar-refractivity contribution in [3.05, 3.63) is 30.2 Å². The van der Waals surface area contributed by atoms with E-state index in [4.69, 9.17) is 0 Å². The summed E-state index contributed by atoms with van der Waals surface area (Å²) in [4.78, 5) is 7.09. The molecule has 0 unspecified atom stereocenters. The molecule has 0 atom stereocenters. The number of hydrogen-bond donors (Lipinski definition) is 1. The van der Waals surface area contributed by atoms with Crippen LogP contribution in [0.25, 0.3) is 0 Å². The zero-order chi connectivity index (χ0) is 8.23. The first-order chi connectivity index (χ1) is 5.95. The van der Waals surface area contributed by atoms with E-state index in [1.807, 2.05) is 0 Å². The molecule has 0 saturated carbocycles. The Morgan fingerprint density at radius 1 is 1.42 bits per heavy atom. The Morgan fingerprint density at radius 2 is 2.42 bits per heavy atom. The Kier molecular flexibility index (Phi) is 1.85. The summed E-state index contributed by atoms with van der Waals surface area (Å²) in [7, 11) is 0. The molecule has 0 aromatic carbocycles. The summed E-state index contributed by atoms with van der Waals surface area (Å²) in [6.45, 7) is 0. The molecule has 0 aliphatic rings. The molecule has 0 radical (unpaired) electrons. The summed E-state index contributed by atoms with van der Waals surface area (Å²) in [6.07, 6.45) is 6.72. The van der Waals surface area contributed by atoms with E-state index in [0.717, 1.165) is 24.4 Å². The van der Waals surface area contributed by atoms with Crippen LogP contribution in [0.1, 0.15) is 11.5 Å². The van der Waals surface area contributed by atoms with E-state index >= 15 is 0 Å². The molecule has 2 aromatic rings. The van der Waals surface area contributed by atoms with E-state index in [1.54, 1.807) is 18.7 Å². The van der Waals surface area contributed by atoms with Gasteiger partial charge in [0.2, 0.25) is 0 Å². The van der Waals surface area contributed by atoms with Gasteiger partial charge in [-0.3, -0.25) is 0 Å². The second kappa shape index (κ2) is 3.17. The van der Waals surface area contributed by atoms with Crippen LogP contribution in [0.2, 0.25) is 0 Å². The topological polar surface area (TPSA) is 67.6 Å². The number of aromatic amines is 1. The van der Waals surface area contributed by atoms with Crippen LogP contribution in [0.5, 0.6) is 0 Å². The third-order valence-electron chi connectivity index (χ3n) is 1.58. The molecule has 2 rings (SSSR count). The zero-order valence-electron chi connectivity index (χ0n) is 6.40. The molecule has 62 valence electrons. The maximum absolute atomic E-state index is 4.59. The molecular weight excluding hydrogens is 156 g/mol. The fourth-order valence-corrected chi connectivity index (χ4v) is 0.974. The molecule has 0 aliphatic heterocycles. The summed E-state index contributed by atoms with van der Waals surface area (Å²) in [5.74, 6) is 0.956. The van der Waals surface area contributed by atoms with E-state index in [2.05, 4.69) is 24.9 Å². The van der Waals surface area contributed by atoms with Crippen molar-refractivity contribution in [1.82, 2.24) is 20.3 Å². The van der Waals surface area contributed by atoms with Crippen LogP contribution in [-0.4, -0.2) is 20.3 Å². The van der Waals surface area contributed by atoms with Gasteiger partial charge in [0, 0.05) is 30.5 Å². The third kappa shape index (κ3) is 1.50. The molecule has 0 bridgehead atoms. The molecule has 0 aliphatic carbocycles. The fraction of sp³-hybridized carbons (Fsp3) is 0.286. The van der Waals surface area contributed by atoms with Gasteiger partial charge < -0.3 is 9.51 Å². The lowest BCUT2D eigenvalue weighted by Gasteiger charge is -1.90. The van der Waals surface area contributed by atoms with Crippen LogP contribution in [0.4, 0.5) is 0 Å². The average molecular weight is 164 g/mol.